The second kappa shape index (κ2) is 4.50. The Morgan fingerprint density at radius 1 is 1.26 bits per heavy atom. The minimum atomic E-state index is 0.201. The van der Waals surface area contributed by atoms with Crippen LogP contribution in [0, 0.1) is 0 Å². The van der Waals surface area contributed by atoms with Crippen LogP contribution in [0.2, 0.25) is 5.02 Å². The summed E-state index contributed by atoms with van der Waals surface area (Å²) in [4.78, 5) is 0. The van der Waals surface area contributed by atoms with Crippen molar-refractivity contribution >= 4 is 22.4 Å². The van der Waals surface area contributed by atoms with Gasteiger partial charge in [-0.15, -0.1) is 0 Å². The van der Waals surface area contributed by atoms with Crippen molar-refractivity contribution in [1.29, 1.82) is 0 Å². The molecule has 0 saturated carbocycles. The third-order valence-electron chi connectivity index (χ3n) is 4.24. The lowest BCUT2D eigenvalue weighted by Gasteiger charge is -2.21. The van der Waals surface area contributed by atoms with Crippen molar-refractivity contribution in [2.75, 3.05) is 6.54 Å². The largest absolute Gasteiger partial charge is 0.310 e. The lowest BCUT2D eigenvalue weighted by molar-refractivity contribution is 0.435. The van der Waals surface area contributed by atoms with Gasteiger partial charge in [0.05, 0.1) is 0 Å². The standard InChI is InChI=1S/C17H20ClN/c1-4-19-15-10-17(2,3)16-12-8-6-5-7-11(12)14(18)9-13(15)16/h5-9,15,19H,4,10H2,1-3H3. The van der Waals surface area contributed by atoms with Gasteiger partial charge in [0.15, 0.2) is 0 Å². The zero-order valence-corrected chi connectivity index (χ0v) is 12.5. The Labute approximate surface area is 120 Å². The van der Waals surface area contributed by atoms with Gasteiger partial charge in [0.2, 0.25) is 0 Å². The highest BCUT2D eigenvalue weighted by molar-refractivity contribution is 6.35. The molecule has 2 heteroatoms. The number of hydrogen-bond acceptors (Lipinski definition) is 1. The summed E-state index contributed by atoms with van der Waals surface area (Å²) in [5, 5.41) is 6.95. The normalized spacial score (nSPS) is 20.7. The lowest BCUT2D eigenvalue weighted by Crippen LogP contribution is -2.20. The fraction of sp³-hybridized carbons (Fsp3) is 0.412. The molecule has 2 aromatic rings. The third kappa shape index (κ3) is 1.96. The summed E-state index contributed by atoms with van der Waals surface area (Å²) in [5.41, 5.74) is 3.06. The van der Waals surface area contributed by atoms with E-state index >= 15 is 0 Å². The third-order valence-corrected chi connectivity index (χ3v) is 4.55. The van der Waals surface area contributed by atoms with Gasteiger partial charge in [0, 0.05) is 16.5 Å². The minimum Gasteiger partial charge on any atom is -0.310 e. The zero-order valence-electron chi connectivity index (χ0n) is 11.8. The lowest BCUT2D eigenvalue weighted by atomic mass is 9.83. The van der Waals surface area contributed by atoms with E-state index in [4.69, 9.17) is 11.6 Å². The van der Waals surface area contributed by atoms with Gasteiger partial charge in [0.25, 0.3) is 0 Å². The van der Waals surface area contributed by atoms with E-state index in [1.807, 2.05) is 0 Å². The Bertz CT molecular complexity index is 630. The van der Waals surface area contributed by atoms with Gasteiger partial charge in [-0.05, 0) is 41.0 Å². The molecule has 0 radical (unpaired) electrons. The van der Waals surface area contributed by atoms with Gasteiger partial charge < -0.3 is 5.32 Å². The summed E-state index contributed by atoms with van der Waals surface area (Å²) in [7, 11) is 0. The predicted octanol–water partition coefficient (Wildman–Crippen LogP) is 4.83. The maximum atomic E-state index is 6.47. The second-order valence-electron chi connectivity index (χ2n) is 6.07. The first-order valence-corrected chi connectivity index (χ1v) is 7.37. The van der Waals surface area contributed by atoms with Crippen molar-refractivity contribution in [2.45, 2.75) is 38.6 Å². The summed E-state index contributed by atoms with van der Waals surface area (Å²) in [6.45, 7) is 7.82. The maximum absolute atomic E-state index is 6.47. The Hall–Kier alpha value is -1.05. The Kier molecular flexibility index (Phi) is 3.07. The monoisotopic (exact) mass is 273 g/mol. The summed E-state index contributed by atoms with van der Waals surface area (Å²) in [6, 6.07) is 11.1. The van der Waals surface area contributed by atoms with Crippen LogP contribution in [-0.4, -0.2) is 6.54 Å². The highest BCUT2D eigenvalue weighted by atomic mass is 35.5. The van der Waals surface area contributed by atoms with Crippen LogP contribution in [0.5, 0.6) is 0 Å². The fourth-order valence-corrected chi connectivity index (χ4v) is 3.81. The average molecular weight is 274 g/mol. The number of halogens is 1. The molecule has 0 heterocycles. The summed E-state index contributed by atoms with van der Waals surface area (Å²) >= 11 is 6.47. The van der Waals surface area contributed by atoms with E-state index in [-0.39, 0.29) is 5.41 Å². The van der Waals surface area contributed by atoms with E-state index in [2.05, 4.69) is 56.4 Å². The number of benzene rings is 2. The van der Waals surface area contributed by atoms with Crippen LogP contribution in [0.25, 0.3) is 10.8 Å². The van der Waals surface area contributed by atoms with E-state index in [1.54, 1.807) is 0 Å². The van der Waals surface area contributed by atoms with E-state index < -0.39 is 0 Å². The topological polar surface area (TPSA) is 12.0 Å². The molecule has 100 valence electrons. The molecule has 1 nitrogen and oxygen atoms in total. The summed E-state index contributed by atoms with van der Waals surface area (Å²) in [5.74, 6) is 0. The smallest absolute Gasteiger partial charge is 0.0487 e. The predicted molar refractivity (Wildman–Crippen MR) is 83.0 cm³/mol. The highest BCUT2D eigenvalue weighted by Crippen LogP contribution is 2.49. The Balaban J connectivity index is 2.32. The first-order valence-electron chi connectivity index (χ1n) is 6.99. The van der Waals surface area contributed by atoms with Crippen LogP contribution in [0.15, 0.2) is 30.3 Å². The van der Waals surface area contributed by atoms with Crippen LogP contribution in [-0.2, 0) is 5.41 Å². The molecular formula is C17H20ClN. The maximum Gasteiger partial charge on any atom is 0.0487 e. The van der Waals surface area contributed by atoms with Gasteiger partial charge >= 0.3 is 0 Å². The van der Waals surface area contributed by atoms with Gasteiger partial charge in [-0.25, -0.2) is 0 Å². The number of hydrogen-bond donors (Lipinski definition) is 1. The average Bonchev–Trinajstić information content (AvgIpc) is 2.62. The second-order valence-corrected chi connectivity index (χ2v) is 6.47. The first-order chi connectivity index (χ1) is 9.04. The molecule has 0 spiro atoms. The van der Waals surface area contributed by atoms with Crippen molar-refractivity contribution in [3.05, 3.63) is 46.5 Å². The van der Waals surface area contributed by atoms with Crippen molar-refractivity contribution in [3.63, 3.8) is 0 Å². The van der Waals surface area contributed by atoms with Gasteiger partial charge in [-0.1, -0.05) is 56.6 Å². The van der Waals surface area contributed by atoms with Crippen LogP contribution in [0.4, 0.5) is 0 Å². The van der Waals surface area contributed by atoms with E-state index in [1.165, 1.54) is 21.9 Å². The Morgan fingerprint density at radius 3 is 2.63 bits per heavy atom. The van der Waals surface area contributed by atoms with Gasteiger partial charge in [0.1, 0.15) is 0 Å². The fourth-order valence-electron chi connectivity index (χ4n) is 3.53. The molecular weight excluding hydrogens is 254 g/mol. The number of fused-ring (bicyclic) bond motifs is 3. The molecule has 1 N–H and O–H groups in total. The first kappa shape index (κ1) is 13.0. The molecule has 0 saturated heterocycles. The van der Waals surface area contributed by atoms with Crippen molar-refractivity contribution in [1.82, 2.24) is 5.32 Å². The van der Waals surface area contributed by atoms with Crippen LogP contribution in [0.3, 0.4) is 0 Å². The molecule has 2 aromatic carbocycles. The van der Waals surface area contributed by atoms with Gasteiger partial charge in [-0.2, -0.15) is 0 Å². The quantitative estimate of drug-likeness (QED) is 0.827. The summed E-state index contributed by atoms with van der Waals surface area (Å²) in [6.07, 6.45) is 1.14. The zero-order chi connectivity index (χ0) is 13.6. The van der Waals surface area contributed by atoms with Crippen molar-refractivity contribution in [3.8, 4) is 0 Å². The van der Waals surface area contributed by atoms with E-state index in [0.29, 0.717) is 6.04 Å². The van der Waals surface area contributed by atoms with E-state index in [0.717, 1.165) is 18.0 Å². The number of rotatable bonds is 2. The molecule has 0 aromatic heterocycles. The molecule has 0 bridgehead atoms. The molecule has 1 unspecified atom stereocenters. The molecule has 0 fully saturated rings. The highest BCUT2D eigenvalue weighted by Gasteiger charge is 2.38. The number of nitrogens with one attached hydrogen (secondary N) is 1. The molecule has 1 atom stereocenters. The molecule has 1 aliphatic carbocycles. The van der Waals surface area contributed by atoms with Crippen LogP contribution in [0.1, 0.15) is 44.4 Å². The SMILES string of the molecule is CCNC1CC(C)(C)c2c1cc(Cl)c1ccccc21. The minimum absolute atomic E-state index is 0.201. The van der Waals surface area contributed by atoms with Crippen LogP contribution < -0.4 is 5.32 Å². The molecule has 0 amide bonds. The van der Waals surface area contributed by atoms with Crippen molar-refractivity contribution in [2.24, 2.45) is 0 Å². The molecule has 3 rings (SSSR count). The van der Waals surface area contributed by atoms with Crippen molar-refractivity contribution < 1.29 is 0 Å². The molecule has 1 aliphatic rings. The summed E-state index contributed by atoms with van der Waals surface area (Å²) < 4.78 is 0. The molecule has 0 aliphatic heterocycles. The van der Waals surface area contributed by atoms with E-state index in [9.17, 15) is 0 Å². The molecule has 19 heavy (non-hydrogen) atoms. The van der Waals surface area contributed by atoms with Crippen LogP contribution >= 0.6 is 11.6 Å². The van der Waals surface area contributed by atoms with Gasteiger partial charge in [-0.3, -0.25) is 0 Å². The Morgan fingerprint density at radius 2 is 1.95 bits per heavy atom.